The smallest absolute Gasteiger partial charge is 0.262 e. The molecule has 0 unspecified atom stereocenters. The van der Waals surface area contributed by atoms with E-state index in [2.05, 4.69) is 0 Å². The molecule has 0 fully saturated rings. The van der Waals surface area contributed by atoms with Crippen molar-refractivity contribution in [2.45, 2.75) is 18.4 Å². The Balaban J connectivity index is 2.06. The first-order valence-electron chi connectivity index (χ1n) is 8.14. The third-order valence-corrected chi connectivity index (χ3v) is 5.85. The molecule has 0 saturated carbocycles. The van der Waals surface area contributed by atoms with E-state index in [9.17, 15) is 8.42 Å². The summed E-state index contributed by atoms with van der Waals surface area (Å²) in [6.45, 7) is 2.19. The second kappa shape index (κ2) is 7.42. The van der Waals surface area contributed by atoms with E-state index in [0.717, 1.165) is 11.1 Å². The predicted molar refractivity (Wildman–Crippen MR) is 102 cm³/mol. The highest BCUT2D eigenvalue weighted by molar-refractivity contribution is 7.92. The summed E-state index contributed by atoms with van der Waals surface area (Å²) < 4.78 is 27.9. The molecule has 0 aliphatic rings. The Bertz CT molecular complexity index is 1020. The van der Waals surface area contributed by atoms with Crippen LogP contribution >= 0.6 is 0 Å². The van der Waals surface area contributed by atoms with Gasteiger partial charge in [0.2, 0.25) is 0 Å². The third-order valence-electron chi connectivity index (χ3n) is 4.06. The van der Waals surface area contributed by atoms with Crippen LogP contribution in [0.15, 0.2) is 83.8 Å². The summed E-state index contributed by atoms with van der Waals surface area (Å²) in [4.78, 5) is 0.160. The molecule has 0 aliphatic carbocycles. The van der Waals surface area contributed by atoms with E-state index in [1.165, 1.54) is 28.6 Å². The number of rotatable bonds is 5. The maximum atomic E-state index is 13.3. The van der Waals surface area contributed by atoms with Crippen molar-refractivity contribution < 1.29 is 8.42 Å². The average molecular weight is 362 g/mol. The highest BCUT2D eigenvalue weighted by Crippen LogP contribution is 2.26. The van der Waals surface area contributed by atoms with Crippen molar-refractivity contribution in [3.8, 4) is 6.07 Å². The number of nitriles is 1. The highest BCUT2D eigenvalue weighted by atomic mass is 32.2. The lowest BCUT2D eigenvalue weighted by atomic mass is 10.2. The molecule has 3 rings (SSSR count). The van der Waals surface area contributed by atoms with Gasteiger partial charge in [-0.05, 0) is 48.9 Å². The van der Waals surface area contributed by atoms with Crippen molar-refractivity contribution in [1.82, 2.24) is 0 Å². The zero-order chi connectivity index (χ0) is 18.6. The average Bonchev–Trinajstić information content (AvgIpc) is 2.68. The number of sulfonamides is 1. The lowest BCUT2D eigenvalue weighted by Gasteiger charge is -2.25. The normalized spacial score (nSPS) is 10.9. The molecule has 0 aromatic heterocycles. The second-order valence-corrected chi connectivity index (χ2v) is 7.83. The van der Waals surface area contributed by atoms with Crippen molar-refractivity contribution in [3.05, 3.63) is 95.6 Å². The van der Waals surface area contributed by atoms with Crippen molar-refractivity contribution in [3.63, 3.8) is 0 Å². The maximum absolute atomic E-state index is 13.3. The van der Waals surface area contributed by atoms with Crippen molar-refractivity contribution >= 4 is 15.7 Å². The van der Waals surface area contributed by atoms with Crippen LogP contribution in [0.1, 0.15) is 16.7 Å². The predicted octanol–water partition coefficient (Wildman–Crippen LogP) is 4.26. The van der Waals surface area contributed by atoms with Gasteiger partial charge in [-0.2, -0.15) is 5.26 Å². The van der Waals surface area contributed by atoms with E-state index >= 15 is 0 Å². The minimum atomic E-state index is -3.77. The van der Waals surface area contributed by atoms with Gasteiger partial charge in [-0.15, -0.1) is 0 Å². The third kappa shape index (κ3) is 3.76. The Kier molecular flexibility index (Phi) is 5.06. The molecule has 4 nitrogen and oxygen atoms in total. The van der Waals surface area contributed by atoms with Crippen LogP contribution in [0.4, 0.5) is 5.69 Å². The summed E-state index contributed by atoms with van der Waals surface area (Å²) in [6.07, 6.45) is 0. The molecule has 3 aromatic rings. The van der Waals surface area contributed by atoms with Gasteiger partial charge in [-0.25, -0.2) is 8.42 Å². The van der Waals surface area contributed by atoms with Crippen molar-refractivity contribution in [1.29, 1.82) is 5.26 Å². The Morgan fingerprint density at radius 1 is 0.885 bits per heavy atom. The van der Waals surface area contributed by atoms with Crippen LogP contribution in [0.25, 0.3) is 0 Å². The topological polar surface area (TPSA) is 61.2 Å². The molecule has 0 saturated heterocycles. The molecular weight excluding hydrogens is 344 g/mol. The molecule has 130 valence electrons. The molecular formula is C21H18N2O2S. The van der Waals surface area contributed by atoms with Gasteiger partial charge >= 0.3 is 0 Å². The minimum absolute atomic E-state index is 0.160. The Morgan fingerprint density at radius 3 is 2.08 bits per heavy atom. The van der Waals surface area contributed by atoms with Crippen molar-refractivity contribution in [2.24, 2.45) is 0 Å². The summed E-state index contributed by atoms with van der Waals surface area (Å²) in [5, 5.41) is 8.93. The zero-order valence-electron chi connectivity index (χ0n) is 14.3. The first kappa shape index (κ1) is 17.7. The number of anilines is 1. The van der Waals surface area contributed by atoms with Gasteiger partial charge in [-0.3, -0.25) is 4.31 Å². The van der Waals surface area contributed by atoms with Gasteiger partial charge in [-0.1, -0.05) is 48.0 Å². The molecule has 5 heteroatoms. The van der Waals surface area contributed by atoms with Crippen LogP contribution in [0.5, 0.6) is 0 Å². The fraction of sp³-hybridized carbons (Fsp3) is 0.0952. The van der Waals surface area contributed by atoms with Crippen LogP contribution in [-0.4, -0.2) is 8.42 Å². The molecule has 0 radical (unpaired) electrons. The summed E-state index contributed by atoms with van der Waals surface area (Å²) in [6, 6.07) is 24.8. The van der Waals surface area contributed by atoms with Crippen LogP contribution in [-0.2, 0) is 16.6 Å². The van der Waals surface area contributed by atoms with Crippen LogP contribution in [0.2, 0.25) is 0 Å². The van der Waals surface area contributed by atoms with E-state index in [1.54, 1.807) is 12.1 Å². The Morgan fingerprint density at radius 2 is 1.50 bits per heavy atom. The molecule has 0 atom stereocenters. The van der Waals surface area contributed by atoms with E-state index in [0.29, 0.717) is 11.3 Å². The van der Waals surface area contributed by atoms with Gasteiger partial charge in [0, 0.05) is 0 Å². The first-order valence-corrected chi connectivity index (χ1v) is 9.58. The fourth-order valence-corrected chi connectivity index (χ4v) is 4.06. The maximum Gasteiger partial charge on any atom is 0.264 e. The number of benzene rings is 3. The molecule has 26 heavy (non-hydrogen) atoms. The SMILES string of the molecule is Cc1ccc(N(Cc2ccccc2)S(=O)(=O)c2ccc(C#N)cc2)cc1. The Labute approximate surface area is 154 Å². The molecule has 0 spiro atoms. The summed E-state index contributed by atoms with van der Waals surface area (Å²) in [5.41, 5.74) is 2.98. The second-order valence-electron chi connectivity index (χ2n) is 5.97. The van der Waals surface area contributed by atoms with E-state index in [4.69, 9.17) is 5.26 Å². The van der Waals surface area contributed by atoms with E-state index in [1.807, 2.05) is 55.5 Å². The number of hydrogen-bond donors (Lipinski definition) is 0. The zero-order valence-corrected chi connectivity index (χ0v) is 15.1. The lowest BCUT2D eigenvalue weighted by Crippen LogP contribution is -2.30. The molecule has 0 aliphatic heterocycles. The number of aryl methyl sites for hydroxylation is 1. The largest absolute Gasteiger partial charge is 0.264 e. The lowest BCUT2D eigenvalue weighted by molar-refractivity contribution is 0.590. The number of nitrogens with zero attached hydrogens (tertiary/aromatic N) is 2. The van der Waals surface area contributed by atoms with Gasteiger partial charge < -0.3 is 0 Å². The Hall–Kier alpha value is -3.10. The molecule has 0 amide bonds. The van der Waals surface area contributed by atoms with Gasteiger partial charge in [0.05, 0.1) is 28.8 Å². The van der Waals surface area contributed by atoms with Gasteiger partial charge in [0.25, 0.3) is 10.0 Å². The fourth-order valence-electron chi connectivity index (χ4n) is 2.60. The van der Waals surface area contributed by atoms with Crippen LogP contribution in [0.3, 0.4) is 0 Å². The van der Waals surface area contributed by atoms with Crippen LogP contribution in [0, 0.1) is 18.3 Å². The summed E-state index contributed by atoms with van der Waals surface area (Å²) in [5.74, 6) is 0. The quantitative estimate of drug-likeness (QED) is 0.681. The van der Waals surface area contributed by atoms with Crippen molar-refractivity contribution in [2.75, 3.05) is 4.31 Å². The van der Waals surface area contributed by atoms with Gasteiger partial charge in [0.1, 0.15) is 0 Å². The highest BCUT2D eigenvalue weighted by Gasteiger charge is 2.25. The number of hydrogen-bond acceptors (Lipinski definition) is 3. The van der Waals surface area contributed by atoms with Gasteiger partial charge in [0.15, 0.2) is 0 Å². The molecule has 3 aromatic carbocycles. The van der Waals surface area contributed by atoms with E-state index in [-0.39, 0.29) is 11.4 Å². The minimum Gasteiger partial charge on any atom is -0.262 e. The summed E-state index contributed by atoms with van der Waals surface area (Å²) in [7, 11) is -3.77. The van der Waals surface area contributed by atoms with E-state index < -0.39 is 10.0 Å². The van der Waals surface area contributed by atoms with Crippen LogP contribution < -0.4 is 4.31 Å². The first-order chi connectivity index (χ1) is 12.5. The standard InChI is InChI=1S/C21H18N2O2S/c1-17-7-11-20(12-8-17)23(16-19-5-3-2-4-6-19)26(24,25)21-13-9-18(15-22)10-14-21/h2-14H,16H2,1H3. The monoisotopic (exact) mass is 362 g/mol. The molecule has 0 heterocycles. The molecule has 0 N–H and O–H groups in total. The molecule has 0 bridgehead atoms. The summed E-state index contributed by atoms with van der Waals surface area (Å²) >= 11 is 0.